The minimum Gasteiger partial charge on any atom is -0.489 e. The monoisotopic (exact) mass is 455 g/mol. The molecular formula is C18H19Br2NO3. The summed E-state index contributed by atoms with van der Waals surface area (Å²) in [5.41, 5.74) is 3.17. The van der Waals surface area contributed by atoms with Crippen molar-refractivity contribution < 1.29 is 14.6 Å². The minimum absolute atomic E-state index is 0.0944. The van der Waals surface area contributed by atoms with E-state index in [-0.39, 0.29) is 6.10 Å². The largest absolute Gasteiger partial charge is 0.489 e. The molecule has 0 aliphatic rings. The Balaban J connectivity index is 2.14. The number of benzene rings is 2. The maximum atomic E-state index is 11.0. The fourth-order valence-electron chi connectivity index (χ4n) is 2.26. The zero-order valence-electron chi connectivity index (χ0n) is 13.7. The fourth-order valence-corrected chi connectivity index (χ4v) is 3.72. The van der Waals surface area contributed by atoms with E-state index >= 15 is 0 Å². The Morgan fingerprint density at radius 2 is 1.83 bits per heavy atom. The van der Waals surface area contributed by atoms with Crippen LogP contribution in [-0.2, 0) is 6.54 Å². The smallest absolute Gasteiger partial charge is 0.335 e. The van der Waals surface area contributed by atoms with E-state index in [1.165, 1.54) is 0 Å². The zero-order valence-corrected chi connectivity index (χ0v) is 16.9. The van der Waals surface area contributed by atoms with Crippen molar-refractivity contribution >= 4 is 43.5 Å². The lowest BCUT2D eigenvalue weighted by Crippen LogP contribution is -2.07. The fraction of sp³-hybridized carbons (Fsp3) is 0.278. The average molecular weight is 457 g/mol. The molecule has 0 aromatic heterocycles. The van der Waals surface area contributed by atoms with E-state index in [4.69, 9.17) is 9.84 Å². The number of nitrogens with one attached hydrogen (secondary N) is 1. The van der Waals surface area contributed by atoms with Gasteiger partial charge in [-0.05, 0) is 94.1 Å². The van der Waals surface area contributed by atoms with Crippen LogP contribution in [0.5, 0.6) is 5.75 Å². The van der Waals surface area contributed by atoms with Crippen molar-refractivity contribution in [2.75, 3.05) is 5.32 Å². The molecule has 6 heteroatoms. The molecule has 0 atom stereocenters. The summed E-state index contributed by atoms with van der Waals surface area (Å²) in [4.78, 5) is 11.0. The van der Waals surface area contributed by atoms with Crippen molar-refractivity contribution in [2.45, 2.75) is 33.4 Å². The Hall–Kier alpha value is -1.53. The molecular weight excluding hydrogens is 438 g/mol. The molecule has 0 unspecified atom stereocenters. The number of hydrogen-bond donors (Lipinski definition) is 2. The van der Waals surface area contributed by atoms with Crippen LogP contribution >= 0.6 is 31.9 Å². The van der Waals surface area contributed by atoms with E-state index in [1.54, 1.807) is 18.2 Å². The van der Waals surface area contributed by atoms with Gasteiger partial charge in [-0.2, -0.15) is 0 Å². The number of carboxylic acids is 1. The second kappa shape index (κ2) is 8.03. The molecule has 2 aromatic carbocycles. The summed E-state index contributed by atoms with van der Waals surface area (Å²) in [5.74, 6) is -0.131. The van der Waals surface area contributed by atoms with Gasteiger partial charge >= 0.3 is 5.97 Å². The predicted octanol–water partition coefficient (Wildman–Crippen LogP) is 5.62. The highest BCUT2D eigenvalue weighted by Crippen LogP contribution is 2.35. The molecule has 0 amide bonds. The first-order valence-electron chi connectivity index (χ1n) is 7.50. The quantitative estimate of drug-likeness (QED) is 0.592. The third-order valence-corrected chi connectivity index (χ3v) is 4.55. The maximum Gasteiger partial charge on any atom is 0.335 e. The molecule has 0 aliphatic carbocycles. The maximum absolute atomic E-state index is 11.0. The van der Waals surface area contributed by atoms with Crippen LogP contribution in [0.2, 0.25) is 0 Å². The van der Waals surface area contributed by atoms with Crippen molar-refractivity contribution in [1.29, 1.82) is 0 Å². The third kappa shape index (κ3) is 4.74. The summed E-state index contributed by atoms with van der Waals surface area (Å²) in [6, 6.07) is 9.07. The van der Waals surface area contributed by atoms with Crippen molar-refractivity contribution in [3.8, 4) is 5.75 Å². The van der Waals surface area contributed by atoms with Crippen LogP contribution in [0.3, 0.4) is 0 Å². The van der Waals surface area contributed by atoms with E-state index in [9.17, 15) is 4.79 Å². The second-order valence-electron chi connectivity index (χ2n) is 5.74. The summed E-state index contributed by atoms with van der Waals surface area (Å²) < 4.78 is 7.56. The molecule has 0 bridgehead atoms. The van der Waals surface area contributed by atoms with Gasteiger partial charge in [-0.3, -0.25) is 0 Å². The Kier molecular flexibility index (Phi) is 6.29. The van der Waals surface area contributed by atoms with Gasteiger partial charge in [-0.25, -0.2) is 4.79 Å². The summed E-state index contributed by atoms with van der Waals surface area (Å²) in [6.07, 6.45) is 0.0944. The lowest BCUT2D eigenvalue weighted by Gasteiger charge is -2.16. The minimum atomic E-state index is -0.918. The molecule has 0 saturated heterocycles. The molecule has 0 spiro atoms. The standard InChI is InChI=1S/C18H19Br2NO3/c1-10(2)24-17-14(19)7-12(8-15(17)20)9-21-16-5-4-13(18(22)23)6-11(16)3/h4-8,10,21H,9H2,1-3H3,(H,22,23). The van der Waals surface area contributed by atoms with Gasteiger partial charge in [0.25, 0.3) is 0 Å². The van der Waals surface area contributed by atoms with Crippen LogP contribution in [0.1, 0.15) is 35.3 Å². The van der Waals surface area contributed by atoms with Gasteiger partial charge in [0, 0.05) is 12.2 Å². The van der Waals surface area contributed by atoms with Crippen molar-refractivity contribution in [1.82, 2.24) is 0 Å². The molecule has 0 radical (unpaired) electrons. The Bertz CT molecular complexity index is 737. The Morgan fingerprint density at radius 1 is 1.21 bits per heavy atom. The molecule has 2 aromatic rings. The molecule has 24 heavy (non-hydrogen) atoms. The van der Waals surface area contributed by atoms with Gasteiger partial charge < -0.3 is 15.2 Å². The number of ether oxygens (including phenoxy) is 1. The van der Waals surface area contributed by atoms with E-state index < -0.39 is 5.97 Å². The number of anilines is 1. The summed E-state index contributed by atoms with van der Waals surface area (Å²) in [5, 5.41) is 12.3. The van der Waals surface area contributed by atoms with Gasteiger partial charge in [0.15, 0.2) is 0 Å². The molecule has 128 valence electrons. The number of rotatable bonds is 6. The highest BCUT2D eigenvalue weighted by Gasteiger charge is 2.11. The SMILES string of the molecule is Cc1cc(C(=O)O)ccc1NCc1cc(Br)c(OC(C)C)c(Br)c1. The number of aromatic carboxylic acids is 1. The molecule has 0 fully saturated rings. The van der Waals surface area contributed by atoms with Gasteiger partial charge in [-0.1, -0.05) is 0 Å². The van der Waals surface area contributed by atoms with E-state index in [0.29, 0.717) is 12.1 Å². The molecule has 0 aliphatic heterocycles. The summed E-state index contributed by atoms with van der Waals surface area (Å²) >= 11 is 7.09. The molecule has 0 heterocycles. The van der Waals surface area contributed by atoms with Crippen molar-refractivity contribution in [2.24, 2.45) is 0 Å². The second-order valence-corrected chi connectivity index (χ2v) is 7.45. The summed E-state index contributed by atoms with van der Waals surface area (Å²) in [7, 11) is 0. The van der Waals surface area contributed by atoms with Crippen molar-refractivity contribution in [3.63, 3.8) is 0 Å². The van der Waals surface area contributed by atoms with Crippen molar-refractivity contribution in [3.05, 3.63) is 56.0 Å². The van der Waals surface area contributed by atoms with Crippen LogP contribution in [0.15, 0.2) is 39.3 Å². The van der Waals surface area contributed by atoms with Crippen LogP contribution in [0.4, 0.5) is 5.69 Å². The van der Waals surface area contributed by atoms with Gasteiger partial charge in [0.05, 0.1) is 20.6 Å². The Labute approximate surface area is 158 Å². The number of hydrogen-bond acceptors (Lipinski definition) is 3. The van der Waals surface area contributed by atoms with Gasteiger partial charge in [-0.15, -0.1) is 0 Å². The predicted molar refractivity (Wildman–Crippen MR) is 103 cm³/mol. The molecule has 4 nitrogen and oxygen atoms in total. The van der Waals surface area contributed by atoms with Crippen LogP contribution in [-0.4, -0.2) is 17.2 Å². The number of halogens is 2. The lowest BCUT2D eigenvalue weighted by atomic mass is 10.1. The van der Waals surface area contributed by atoms with Gasteiger partial charge in [0.1, 0.15) is 5.75 Å². The molecule has 2 N–H and O–H groups in total. The highest BCUT2D eigenvalue weighted by molar-refractivity contribution is 9.11. The van der Waals surface area contributed by atoms with E-state index in [2.05, 4.69) is 37.2 Å². The molecule has 2 rings (SSSR count). The number of carboxylic acid groups (broad SMARTS) is 1. The van der Waals surface area contributed by atoms with Gasteiger partial charge in [0.2, 0.25) is 0 Å². The first-order chi connectivity index (χ1) is 11.3. The average Bonchev–Trinajstić information content (AvgIpc) is 2.49. The lowest BCUT2D eigenvalue weighted by molar-refractivity contribution is 0.0697. The van der Waals surface area contributed by atoms with Crippen LogP contribution < -0.4 is 10.1 Å². The first kappa shape index (κ1) is 18.8. The topological polar surface area (TPSA) is 58.6 Å². The summed E-state index contributed by atoms with van der Waals surface area (Å²) in [6.45, 7) is 6.47. The van der Waals surface area contributed by atoms with E-state index in [1.807, 2.05) is 32.9 Å². The first-order valence-corrected chi connectivity index (χ1v) is 9.09. The normalized spacial score (nSPS) is 10.8. The zero-order chi connectivity index (χ0) is 17.9. The third-order valence-electron chi connectivity index (χ3n) is 3.37. The number of carbonyl (C=O) groups is 1. The van der Waals surface area contributed by atoms with Crippen LogP contribution in [0.25, 0.3) is 0 Å². The number of aryl methyl sites for hydroxylation is 1. The van der Waals surface area contributed by atoms with Crippen LogP contribution in [0, 0.1) is 6.92 Å². The Morgan fingerprint density at radius 3 is 2.33 bits per heavy atom. The highest BCUT2D eigenvalue weighted by atomic mass is 79.9. The van der Waals surface area contributed by atoms with E-state index in [0.717, 1.165) is 31.5 Å². The molecule has 0 saturated carbocycles.